The van der Waals surface area contributed by atoms with Gasteiger partial charge in [-0.2, -0.15) is 0 Å². The van der Waals surface area contributed by atoms with Crippen molar-refractivity contribution < 1.29 is 0 Å². The van der Waals surface area contributed by atoms with E-state index in [2.05, 4.69) is 17.6 Å². The second kappa shape index (κ2) is 4.54. The fourth-order valence-corrected chi connectivity index (χ4v) is 5.04. The van der Waals surface area contributed by atoms with Crippen LogP contribution in [-0.4, -0.2) is 24.1 Å². The second-order valence-corrected chi connectivity index (χ2v) is 7.57. The van der Waals surface area contributed by atoms with Gasteiger partial charge in [-0.3, -0.25) is 0 Å². The molecule has 0 amide bonds. The van der Waals surface area contributed by atoms with E-state index >= 15 is 0 Å². The summed E-state index contributed by atoms with van der Waals surface area (Å²) in [5.41, 5.74) is 1.56. The van der Waals surface area contributed by atoms with Crippen molar-refractivity contribution in [3.8, 4) is 0 Å². The summed E-state index contributed by atoms with van der Waals surface area (Å²) in [5, 5.41) is 8.90. The van der Waals surface area contributed by atoms with Gasteiger partial charge in [0, 0.05) is 10.9 Å². The van der Waals surface area contributed by atoms with Crippen molar-refractivity contribution in [3.05, 3.63) is 15.6 Å². The number of aryl methyl sites for hydroxylation is 2. The molecule has 2 N–H and O–H groups in total. The molecule has 0 aromatic carbocycles. The molecule has 1 saturated heterocycles. The first-order valence-electron chi connectivity index (χ1n) is 7.75. The van der Waals surface area contributed by atoms with Crippen LogP contribution in [-0.2, 0) is 18.4 Å². The standard InChI is InChI=1S/C15H23N3S/c1-10-9-16-8-7-15(10,18-11-5-6-11)14-17-12-3-2-4-13(12)19-14/h10-11,16,18H,2-9H2,1H3. The molecule has 104 valence electrons. The summed E-state index contributed by atoms with van der Waals surface area (Å²) in [7, 11) is 0. The third-order valence-electron chi connectivity index (χ3n) is 5.00. The average Bonchev–Trinajstić information content (AvgIpc) is 2.94. The molecule has 3 aliphatic rings. The average molecular weight is 277 g/mol. The molecule has 2 unspecified atom stereocenters. The molecule has 2 atom stereocenters. The van der Waals surface area contributed by atoms with Crippen molar-refractivity contribution >= 4 is 11.3 Å². The fraction of sp³-hybridized carbons (Fsp3) is 0.800. The van der Waals surface area contributed by atoms with E-state index in [0.717, 1.165) is 19.1 Å². The van der Waals surface area contributed by atoms with Crippen LogP contribution in [0.1, 0.15) is 48.2 Å². The second-order valence-electron chi connectivity index (χ2n) is 6.49. The number of aromatic nitrogens is 1. The Morgan fingerprint density at radius 3 is 3.00 bits per heavy atom. The van der Waals surface area contributed by atoms with Crippen LogP contribution in [0.2, 0.25) is 0 Å². The van der Waals surface area contributed by atoms with Crippen molar-refractivity contribution in [1.29, 1.82) is 0 Å². The minimum atomic E-state index is 0.154. The largest absolute Gasteiger partial charge is 0.316 e. The van der Waals surface area contributed by atoms with Gasteiger partial charge in [0.05, 0.1) is 11.2 Å². The Bertz CT molecular complexity index is 458. The van der Waals surface area contributed by atoms with Crippen LogP contribution in [0.5, 0.6) is 0 Å². The molecule has 0 radical (unpaired) electrons. The molecule has 2 heterocycles. The van der Waals surface area contributed by atoms with Gasteiger partial charge in [0.1, 0.15) is 5.01 Å². The number of nitrogens with zero attached hydrogens (tertiary/aromatic N) is 1. The van der Waals surface area contributed by atoms with Crippen molar-refractivity contribution in [3.63, 3.8) is 0 Å². The normalized spacial score (nSPS) is 34.5. The van der Waals surface area contributed by atoms with Gasteiger partial charge in [0.2, 0.25) is 0 Å². The van der Waals surface area contributed by atoms with Crippen LogP contribution in [0, 0.1) is 5.92 Å². The summed E-state index contributed by atoms with van der Waals surface area (Å²) in [5.74, 6) is 0.633. The molecule has 4 rings (SSSR count). The lowest BCUT2D eigenvalue weighted by molar-refractivity contribution is 0.164. The molecule has 0 bridgehead atoms. The summed E-state index contributed by atoms with van der Waals surface area (Å²) < 4.78 is 0. The highest BCUT2D eigenvalue weighted by atomic mass is 32.1. The van der Waals surface area contributed by atoms with Gasteiger partial charge < -0.3 is 10.6 Å². The van der Waals surface area contributed by atoms with Crippen molar-refractivity contribution in [2.45, 2.75) is 57.0 Å². The molecular weight excluding hydrogens is 254 g/mol. The Balaban J connectivity index is 1.71. The Labute approximate surface area is 119 Å². The van der Waals surface area contributed by atoms with E-state index in [-0.39, 0.29) is 5.54 Å². The third kappa shape index (κ3) is 2.05. The number of hydrogen-bond donors (Lipinski definition) is 2. The number of rotatable bonds is 3. The lowest BCUT2D eigenvalue weighted by Gasteiger charge is -2.42. The SMILES string of the molecule is CC1CNCCC1(NC1CC1)c1nc2c(s1)CCC2. The zero-order chi connectivity index (χ0) is 12.9. The highest BCUT2D eigenvalue weighted by molar-refractivity contribution is 7.12. The van der Waals surface area contributed by atoms with E-state index in [1.54, 1.807) is 4.88 Å². The van der Waals surface area contributed by atoms with E-state index in [1.165, 1.54) is 49.2 Å². The number of fused-ring (bicyclic) bond motifs is 1. The third-order valence-corrected chi connectivity index (χ3v) is 6.34. The lowest BCUT2D eigenvalue weighted by Crippen LogP contribution is -2.56. The summed E-state index contributed by atoms with van der Waals surface area (Å²) in [6.07, 6.45) is 7.68. The van der Waals surface area contributed by atoms with Crippen molar-refractivity contribution in [2.24, 2.45) is 5.92 Å². The summed E-state index contributed by atoms with van der Waals surface area (Å²) in [4.78, 5) is 6.61. The smallest absolute Gasteiger partial charge is 0.114 e. The van der Waals surface area contributed by atoms with E-state index < -0.39 is 0 Å². The van der Waals surface area contributed by atoms with Gasteiger partial charge in [-0.15, -0.1) is 11.3 Å². The van der Waals surface area contributed by atoms with Crippen molar-refractivity contribution in [2.75, 3.05) is 13.1 Å². The molecule has 0 spiro atoms. The Kier molecular flexibility index (Phi) is 2.94. The number of hydrogen-bond acceptors (Lipinski definition) is 4. The summed E-state index contributed by atoms with van der Waals surface area (Å²) >= 11 is 2.00. The van der Waals surface area contributed by atoms with Crippen LogP contribution in [0.4, 0.5) is 0 Å². The van der Waals surface area contributed by atoms with E-state index in [4.69, 9.17) is 4.98 Å². The molecule has 2 fully saturated rings. The van der Waals surface area contributed by atoms with Crippen LogP contribution < -0.4 is 10.6 Å². The minimum absolute atomic E-state index is 0.154. The summed E-state index contributed by atoms with van der Waals surface area (Å²) in [6.45, 7) is 4.62. The maximum Gasteiger partial charge on any atom is 0.114 e. The van der Waals surface area contributed by atoms with Crippen LogP contribution >= 0.6 is 11.3 Å². The summed E-state index contributed by atoms with van der Waals surface area (Å²) in [6, 6.07) is 0.749. The predicted molar refractivity (Wildman–Crippen MR) is 78.6 cm³/mol. The highest BCUT2D eigenvalue weighted by Crippen LogP contribution is 2.42. The Morgan fingerprint density at radius 1 is 1.37 bits per heavy atom. The van der Waals surface area contributed by atoms with Crippen LogP contribution in [0.3, 0.4) is 0 Å². The van der Waals surface area contributed by atoms with Gasteiger partial charge in [0.25, 0.3) is 0 Å². The Morgan fingerprint density at radius 2 is 2.26 bits per heavy atom. The Hall–Kier alpha value is -0.450. The van der Waals surface area contributed by atoms with Crippen LogP contribution in [0.15, 0.2) is 0 Å². The first-order chi connectivity index (χ1) is 9.28. The van der Waals surface area contributed by atoms with E-state index in [0.29, 0.717) is 5.92 Å². The zero-order valence-electron chi connectivity index (χ0n) is 11.7. The molecule has 4 heteroatoms. The monoisotopic (exact) mass is 277 g/mol. The molecule has 2 aliphatic carbocycles. The van der Waals surface area contributed by atoms with Gasteiger partial charge in [-0.25, -0.2) is 4.98 Å². The predicted octanol–water partition coefficient (Wildman–Crippen LogP) is 2.21. The van der Waals surface area contributed by atoms with Gasteiger partial charge in [-0.1, -0.05) is 6.92 Å². The number of nitrogens with one attached hydrogen (secondary N) is 2. The molecule has 1 aromatic heterocycles. The minimum Gasteiger partial charge on any atom is -0.316 e. The van der Waals surface area contributed by atoms with Gasteiger partial charge in [-0.05, 0) is 57.5 Å². The number of piperidine rings is 1. The fourth-order valence-electron chi connectivity index (χ4n) is 3.59. The molecule has 1 aliphatic heterocycles. The molecule has 19 heavy (non-hydrogen) atoms. The highest BCUT2D eigenvalue weighted by Gasteiger charge is 2.45. The molecule has 3 nitrogen and oxygen atoms in total. The first-order valence-corrected chi connectivity index (χ1v) is 8.57. The first kappa shape index (κ1) is 12.3. The van der Waals surface area contributed by atoms with Crippen molar-refractivity contribution in [1.82, 2.24) is 15.6 Å². The topological polar surface area (TPSA) is 37.0 Å². The van der Waals surface area contributed by atoms with Gasteiger partial charge in [0.15, 0.2) is 0 Å². The van der Waals surface area contributed by atoms with Gasteiger partial charge >= 0.3 is 0 Å². The zero-order valence-corrected chi connectivity index (χ0v) is 12.5. The molecule has 1 aromatic rings. The van der Waals surface area contributed by atoms with Crippen LogP contribution in [0.25, 0.3) is 0 Å². The van der Waals surface area contributed by atoms with E-state index in [9.17, 15) is 0 Å². The molecule has 1 saturated carbocycles. The number of thiazole rings is 1. The maximum atomic E-state index is 5.05. The lowest BCUT2D eigenvalue weighted by atomic mass is 9.79. The quantitative estimate of drug-likeness (QED) is 0.889. The van der Waals surface area contributed by atoms with E-state index in [1.807, 2.05) is 11.3 Å². The molecular formula is C15H23N3S. The maximum absolute atomic E-state index is 5.05.